The third kappa shape index (κ3) is 5.86. The van der Waals surface area contributed by atoms with Gasteiger partial charge in [0.15, 0.2) is 5.82 Å². The van der Waals surface area contributed by atoms with Gasteiger partial charge in [-0.2, -0.15) is 0 Å². The van der Waals surface area contributed by atoms with Crippen LogP contribution in [0.1, 0.15) is 48.7 Å². The molecule has 2 N–H and O–H groups in total. The summed E-state index contributed by atoms with van der Waals surface area (Å²) in [4.78, 5) is 13.9. The molecule has 0 spiro atoms. The summed E-state index contributed by atoms with van der Waals surface area (Å²) < 4.78 is 16.4. The van der Waals surface area contributed by atoms with E-state index in [-0.39, 0.29) is 21.9 Å². The maximum atomic E-state index is 16.4. The van der Waals surface area contributed by atoms with E-state index in [1.807, 2.05) is 50.2 Å². The smallest absolute Gasteiger partial charge is 0.158 e. The Morgan fingerprint density at radius 2 is 1.93 bits per heavy atom. The van der Waals surface area contributed by atoms with Crippen molar-refractivity contribution in [2.75, 3.05) is 32.1 Å². The Bertz CT molecular complexity index is 1500. The van der Waals surface area contributed by atoms with E-state index < -0.39 is 5.82 Å². The predicted octanol–water partition coefficient (Wildman–Crippen LogP) is 6.68. The van der Waals surface area contributed by atoms with Crippen LogP contribution in [0.4, 0.5) is 10.2 Å². The fourth-order valence-electron chi connectivity index (χ4n) is 5.63. The van der Waals surface area contributed by atoms with Crippen molar-refractivity contribution < 1.29 is 9.50 Å². The first-order valence-electron chi connectivity index (χ1n) is 13.8. The number of aliphatic hydroxyl groups is 1. The Kier molecular flexibility index (Phi) is 8.15. The molecule has 0 amide bonds. The van der Waals surface area contributed by atoms with E-state index in [9.17, 15) is 5.11 Å². The zero-order valence-corrected chi connectivity index (χ0v) is 24.4. The molecule has 8 heteroatoms. The van der Waals surface area contributed by atoms with Gasteiger partial charge in [0, 0.05) is 62.3 Å². The van der Waals surface area contributed by atoms with Crippen LogP contribution in [-0.2, 0) is 6.42 Å². The van der Waals surface area contributed by atoms with Gasteiger partial charge in [-0.1, -0.05) is 42.4 Å². The average Bonchev–Trinajstić information content (AvgIpc) is 3.25. The van der Waals surface area contributed by atoms with Crippen LogP contribution in [0.25, 0.3) is 22.6 Å². The molecule has 0 saturated carbocycles. The van der Waals surface area contributed by atoms with E-state index in [4.69, 9.17) is 21.6 Å². The Labute approximate surface area is 240 Å². The largest absolute Gasteiger partial charge is 0.508 e. The van der Waals surface area contributed by atoms with Gasteiger partial charge in [-0.15, -0.1) is 0 Å². The van der Waals surface area contributed by atoms with Crippen molar-refractivity contribution in [2.45, 2.75) is 51.6 Å². The fraction of sp³-hybridized carbons (Fsp3) is 0.375. The van der Waals surface area contributed by atoms with Crippen LogP contribution in [0, 0.1) is 12.7 Å². The number of rotatable bonds is 8. The number of nitrogens with one attached hydrogen (secondary N) is 1. The molecule has 2 fully saturated rings. The second-order valence-electron chi connectivity index (χ2n) is 11.2. The number of benzene rings is 2. The summed E-state index contributed by atoms with van der Waals surface area (Å²) in [7, 11) is 3.91. The number of nitrogens with zero attached hydrogens (tertiary/aromatic N) is 4. The van der Waals surface area contributed by atoms with Gasteiger partial charge in [0.1, 0.15) is 22.9 Å². The predicted molar refractivity (Wildman–Crippen MR) is 163 cm³/mol. The van der Waals surface area contributed by atoms with Crippen LogP contribution in [-0.4, -0.2) is 59.2 Å². The topological polar surface area (TPSA) is 64.5 Å². The number of hydrogen-bond acceptors (Lipinski definition) is 6. The van der Waals surface area contributed by atoms with E-state index in [1.165, 1.54) is 0 Å². The van der Waals surface area contributed by atoms with E-state index >= 15 is 4.39 Å². The number of allylic oxidation sites excluding steroid dienone is 3. The van der Waals surface area contributed by atoms with Crippen LogP contribution < -0.4 is 10.2 Å². The molecule has 2 atom stereocenters. The van der Waals surface area contributed by atoms with Crippen LogP contribution in [0.15, 0.2) is 54.4 Å². The van der Waals surface area contributed by atoms with E-state index in [0.717, 1.165) is 48.6 Å². The van der Waals surface area contributed by atoms with Crippen molar-refractivity contribution in [3.05, 3.63) is 87.8 Å². The van der Waals surface area contributed by atoms with Crippen molar-refractivity contribution in [2.24, 2.45) is 0 Å². The summed E-state index contributed by atoms with van der Waals surface area (Å²) in [6.45, 7) is 9.46. The van der Waals surface area contributed by atoms with Crippen LogP contribution >= 0.6 is 11.6 Å². The number of anilines is 1. The minimum atomic E-state index is -0.505. The molecule has 40 heavy (non-hydrogen) atoms. The normalized spacial score (nSPS) is 19.4. The summed E-state index contributed by atoms with van der Waals surface area (Å²) >= 11 is 6.74. The zero-order chi connectivity index (χ0) is 28.6. The first-order valence-corrected chi connectivity index (χ1v) is 14.2. The summed E-state index contributed by atoms with van der Waals surface area (Å²) in [5.74, 6) is 0.817. The molecule has 2 aliphatic rings. The molecule has 2 bridgehead atoms. The number of hydrogen-bond donors (Lipinski definition) is 2. The maximum Gasteiger partial charge on any atom is 0.158 e. The van der Waals surface area contributed by atoms with Crippen LogP contribution in [0.2, 0.25) is 5.02 Å². The summed E-state index contributed by atoms with van der Waals surface area (Å²) in [5, 5.41) is 15.2. The van der Waals surface area contributed by atoms with Gasteiger partial charge in [-0.05, 0) is 68.0 Å². The standard InChI is InChI=1S/C32H37ClFN5O/c1-19-8-6-7-9-22(19)15-25(40)14-20(2)29-27(33)16-26-31(30(29)34)36-28(13-10-21(3)38(4)5)37-32(26)39-17-23-11-12-24(18-39)35-23/h6-9,14-16,23-24,35,40H,3,10-13,17-18H2,1-2,4-5H3/b20-14+,25-15+. The maximum absolute atomic E-state index is 16.4. The minimum Gasteiger partial charge on any atom is -0.508 e. The lowest BCUT2D eigenvalue weighted by Crippen LogP contribution is -2.51. The van der Waals surface area contributed by atoms with Gasteiger partial charge in [-0.25, -0.2) is 14.4 Å². The quantitative estimate of drug-likeness (QED) is 0.236. The van der Waals surface area contributed by atoms with Crippen LogP contribution in [0.5, 0.6) is 0 Å². The molecule has 2 unspecified atom stereocenters. The van der Waals surface area contributed by atoms with Gasteiger partial charge in [-0.3, -0.25) is 0 Å². The fourth-order valence-corrected chi connectivity index (χ4v) is 5.97. The zero-order valence-electron chi connectivity index (χ0n) is 23.6. The molecular formula is C32H37ClFN5O. The summed E-state index contributed by atoms with van der Waals surface area (Å²) in [5.41, 5.74) is 3.86. The summed E-state index contributed by atoms with van der Waals surface area (Å²) in [6.07, 6.45) is 6.68. The minimum absolute atomic E-state index is 0.0184. The molecule has 1 aromatic heterocycles. The molecular weight excluding hydrogens is 525 g/mol. The average molecular weight is 562 g/mol. The van der Waals surface area contributed by atoms with Gasteiger partial charge in [0.05, 0.1) is 5.02 Å². The first kappa shape index (κ1) is 28.1. The number of aliphatic hydroxyl groups excluding tert-OH is 1. The van der Waals surface area contributed by atoms with Crippen molar-refractivity contribution >= 4 is 40.0 Å². The summed E-state index contributed by atoms with van der Waals surface area (Å²) in [6, 6.07) is 10.3. The van der Waals surface area contributed by atoms with Crippen molar-refractivity contribution in [1.82, 2.24) is 20.2 Å². The number of aryl methyl sites for hydroxylation is 2. The molecule has 3 heterocycles. The van der Waals surface area contributed by atoms with Gasteiger partial charge >= 0.3 is 0 Å². The Morgan fingerprint density at radius 1 is 1.23 bits per heavy atom. The molecule has 2 saturated heterocycles. The van der Waals surface area contributed by atoms with E-state index in [1.54, 1.807) is 25.1 Å². The number of fused-ring (bicyclic) bond motifs is 3. The molecule has 2 aliphatic heterocycles. The molecule has 3 aromatic rings. The highest BCUT2D eigenvalue weighted by atomic mass is 35.5. The Morgan fingerprint density at radius 3 is 2.60 bits per heavy atom. The number of aromatic nitrogens is 2. The second-order valence-corrected chi connectivity index (χ2v) is 11.6. The second kappa shape index (κ2) is 11.6. The molecule has 210 valence electrons. The van der Waals surface area contributed by atoms with E-state index in [0.29, 0.717) is 41.7 Å². The third-order valence-electron chi connectivity index (χ3n) is 7.95. The monoisotopic (exact) mass is 561 g/mol. The van der Waals surface area contributed by atoms with Gasteiger partial charge in [0.2, 0.25) is 0 Å². The van der Waals surface area contributed by atoms with E-state index in [2.05, 4.69) is 16.8 Å². The molecule has 2 aromatic carbocycles. The first-order chi connectivity index (χ1) is 19.1. The number of piperazine rings is 1. The van der Waals surface area contributed by atoms with Crippen LogP contribution in [0.3, 0.4) is 0 Å². The van der Waals surface area contributed by atoms with Crippen molar-refractivity contribution in [1.29, 1.82) is 0 Å². The molecule has 0 aliphatic carbocycles. The van der Waals surface area contributed by atoms with Crippen molar-refractivity contribution in [3.8, 4) is 0 Å². The molecule has 5 rings (SSSR count). The Hall–Kier alpha value is -3.42. The lowest BCUT2D eigenvalue weighted by molar-refractivity contribution is 0.438. The molecule has 6 nitrogen and oxygen atoms in total. The van der Waals surface area contributed by atoms with Gasteiger partial charge < -0.3 is 20.2 Å². The highest BCUT2D eigenvalue weighted by Crippen LogP contribution is 2.37. The Balaban J connectivity index is 1.58. The SMILES string of the molecule is C=C(CCc1nc(N2CC3CCC(C2)N3)c2cc(Cl)c(/C(C)=C/C(O)=C\c3ccccc3C)c(F)c2n1)N(C)C. The number of halogens is 2. The lowest BCUT2D eigenvalue weighted by atomic mass is 10.0. The van der Waals surface area contributed by atoms with Crippen molar-refractivity contribution in [3.63, 3.8) is 0 Å². The highest BCUT2D eigenvalue weighted by molar-refractivity contribution is 6.33. The molecule has 0 radical (unpaired) electrons. The lowest BCUT2D eigenvalue weighted by Gasteiger charge is -2.34. The highest BCUT2D eigenvalue weighted by Gasteiger charge is 2.34. The third-order valence-corrected chi connectivity index (χ3v) is 8.24. The van der Waals surface area contributed by atoms with Gasteiger partial charge in [0.25, 0.3) is 0 Å².